The van der Waals surface area contributed by atoms with Gasteiger partial charge in [0.15, 0.2) is 5.71 Å². The molecule has 0 atom stereocenters. The molecule has 5 rings (SSSR count). The number of hydrogen-bond donors (Lipinski definition) is 1. The molecule has 0 aromatic heterocycles. The van der Waals surface area contributed by atoms with Crippen LogP contribution in [0.2, 0.25) is 0 Å². The van der Waals surface area contributed by atoms with Crippen molar-refractivity contribution in [3.05, 3.63) is 83.6 Å². The molecule has 0 spiro atoms. The molecule has 0 bridgehead atoms. The van der Waals surface area contributed by atoms with Crippen molar-refractivity contribution in [1.29, 1.82) is 0 Å². The first-order chi connectivity index (χ1) is 23.7. The molecule has 0 aliphatic carbocycles. The first kappa shape index (κ1) is 41.9. The number of fused-ring (bicyclic) bond motifs is 2. The predicted molar refractivity (Wildman–Crippen MR) is 193 cm³/mol. The Morgan fingerprint density at radius 3 is 2.17 bits per heavy atom. The number of hydrogen-bond acceptors (Lipinski definition) is 10. The first-order valence-electron chi connectivity index (χ1n) is 16.5. The molecule has 0 saturated carbocycles. The van der Waals surface area contributed by atoms with E-state index in [4.69, 9.17) is 4.84 Å². The number of imide groups is 1. The van der Waals surface area contributed by atoms with Gasteiger partial charge in [0.25, 0.3) is 21.9 Å². The minimum Gasteiger partial charge on any atom is -0.744 e. The van der Waals surface area contributed by atoms with E-state index in [0.717, 1.165) is 28.3 Å². The van der Waals surface area contributed by atoms with E-state index in [-0.39, 0.29) is 80.4 Å². The summed E-state index contributed by atoms with van der Waals surface area (Å²) in [5.41, 5.74) is 3.59. The van der Waals surface area contributed by atoms with Crippen LogP contribution < -0.4 is 4.90 Å². The molecule has 1 fully saturated rings. The maximum atomic E-state index is 12.2. The zero-order valence-electron chi connectivity index (χ0n) is 30.1. The van der Waals surface area contributed by atoms with Crippen molar-refractivity contribution < 1.29 is 49.7 Å². The summed E-state index contributed by atoms with van der Waals surface area (Å²) in [5.74, 6) is -1.72. The molecule has 2 aromatic rings. The Morgan fingerprint density at radius 1 is 0.904 bits per heavy atom. The van der Waals surface area contributed by atoms with Gasteiger partial charge in [-0.1, -0.05) is 38.5 Å². The maximum absolute atomic E-state index is 12.2. The Morgan fingerprint density at radius 2 is 1.54 bits per heavy atom. The molecular weight excluding hydrogens is 738 g/mol. The van der Waals surface area contributed by atoms with Crippen LogP contribution in [0.1, 0.15) is 77.3 Å². The number of anilines is 1. The molecule has 16 heteroatoms. The zero-order valence-corrected chi connectivity index (χ0v) is 34.8. The van der Waals surface area contributed by atoms with E-state index in [0.29, 0.717) is 36.4 Å². The largest absolute Gasteiger partial charge is 0.744 e. The van der Waals surface area contributed by atoms with Gasteiger partial charge in [-0.15, -0.1) is 5.06 Å². The second-order valence-electron chi connectivity index (χ2n) is 13.8. The average molecular weight is 779 g/mol. The van der Waals surface area contributed by atoms with E-state index in [1.165, 1.54) is 24.3 Å². The van der Waals surface area contributed by atoms with Crippen LogP contribution in [0.15, 0.2) is 82.3 Å². The van der Waals surface area contributed by atoms with Gasteiger partial charge < -0.3 is 14.3 Å². The van der Waals surface area contributed by atoms with Crippen molar-refractivity contribution in [2.24, 2.45) is 0 Å². The molecule has 273 valence electrons. The SMILES string of the molecule is C[N+]1=C(C=CC=CC=C2N(CCCCCC(=O)ON3C(=O)CCC3=O)c3ccc(S(=O)(=O)[O-])cc3C2(C)C)C(C)(C)c2cc(S(=O)(=O)O)ccc21.[K]. The number of hydroxylamine groups is 2. The normalized spacial score (nSPS) is 18.9. The Labute approximate surface area is 347 Å². The smallest absolute Gasteiger partial charge is 0.333 e. The third-order valence-corrected chi connectivity index (χ3v) is 11.3. The van der Waals surface area contributed by atoms with Crippen LogP contribution in [0, 0.1) is 0 Å². The summed E-state index contributed by atoms with van der Waals surface area (Å²) < 4.78 is 70.7. The molecule has 3 aliphatic rings. The van der Waals surface area contributed by atoms with Gasteiger partial charge in [0.1, 0.15) is 17.2 Å². The van der Waals surface area contributed by atoms with Crippen molar-refractivity contribution in [3.63, 3.8) is 0 Å². The van der Waals surface area contributed by atoms with Crippen molar-refractivity contribution in [1.82, 2.24) is 5.06 Å². The molecule has 1 N–H and O–H groups in total. The van der Waals surface area contributed by atoms with Gasteiger partial charge in [-0.3, -0.25) is 14.1 Å². The fraction of sp³-hybridized carbons (Fsp3) is 0.389. The first-order valence-corrected chi connectivity index (χ1v) is 19.3. The molecular formula is C36H41KN3O10S2. The van der Waals surface area contributed by atoms with Gasteiger partial charge in [0.05, 0.1) is 15.2 Å². The number of rotatable bonds is 12. The van der Waals surface area contributed by atoms with E-state index < -0.39 is 48.8 Å². The molecule has 52 heavy (non-hydrogen) atoms. The predicted octanol–water partition coefficient (Wildman–Crippen LogP) is 4.42. The van der Waals surface area contributed by atoms with Gasteiger partial charge in [-0.2, -0.15) is 13.0 Å². The summed E-state index contributed by atoms with van der Waals surface area (Å²) in [6.07, 6.45) is 11.2. The van der Waals surface area contributed by atoms with Crippen LogP contribution >= 0.6 is 0 Å². The Bertz CT molecular complexity index is 2140. The summed E-state index contributed by atoms with van der Waals surface area (Å²) in [4.78, 5) is 42.2. The topological polar surface area (TPSA) is 181 Å². The number of allylic oxidation sites excluding steroid dienone is 6. The van der Waals surface area contributed by atoms with E-state index >= 15 is 0 Å². The summed E-state index contributed by atoms with van der Waals surface area (Å²) in [5, 5.41) is 0.536. The molecule has 1 radical (unpaired) electrons. The number of nitrogens with zero attached hydrogens (tertiary/aromatic N) is 3. The van der Waals surface area contributed by atoms with Crippen LogP contribution in [0.3, 0.4) is 0 Å². The average Bonchev–Trinajstić information content (AvgIpc) is 3.54. The van der Waals surface area contributed by atoms with Gasteiger partial charge in [0, 0.05) is 112 Å². The molecule has 1 saturated heterocycles. The Balaban J connectivity index is 0.00000605. The fourth-order valence-electron chi connectivity index (χ4n) is 6.91. The minimum absolute atomic E-state index is 0. The summed E-state index contributed by atoms with van der Waals surface area (Å²) >= 11 is 0. The number of carbonyl (C=O) groups excluding carboxylic acids is 3. The van der Waals surface area contributed by atoms with Crippen LogP contribution in [0.4, 0.5) is 11.4 Å². The van der Waals surface area contributed by atoms with Gasteiger partial charge in [-0.25, -0.2) is 13.2 Å². The molecule has 0 unspecified atom stereocenters. The molecule has 3 aliphatic heterocycles. The van der Waals surface area contributed by atoms with E-state index in [9.17, 15) is 40.3 Å². The van der Waals surface area contributed by atoms with Gasteiger partial charge in [0.2, 0.25) is 5.69 Å². The molecule has 2 aromatic carbocycles. The van der Waals surface area contributed by atoms with Crippen LogP contribution in [-0.2, 0) is 50.3 Å². The summed E-state index contributed by atoms with van der Waals surface area (Å²) in [7, 11) is -7.16. The Kier molecular flexibility index (Phi) is 12.8. The minimum atomic E-state index is -4.68. The summed E-state index contributed by atoms with van der Waals surface area (Å²) in [6, 6.07) is 8.89. The summed E-state index contributed by atoms with van der Waals surface area (Å²) in [6.45, 7) is 8.36. The quantitative estimate of drug-likeness (QED) is 0.0805. The molecule has 13 nitrogen and oxygen atoms in total. The standard InChI is InChI=1S/C36H41N3O10S2.K/c1-35(2)26-22-24(50(43,44)45)15-17-28(26)37(5)30(35)12-8-6-9-13-31-36(3,4)27-23-25(51(46,47)48)16-18-29(27)38(31)21-11-7-10-14-34(42)49-39-32(40)19-20-33(39)41;/h6,8-9,12-13,15-18,22-23H,7,10-11,14,19-21H2,1-5H3,(H-,43,44,45,46,47,48);. The van der Waals surface area contributed by atoms with Crippen molar-refractivity contribution in [3.8, 4) is 0 Å². The molecule has 3 heterocycles. The second-order valence-corrected chi connectivity index (χ2v) is 16.6. The van der Waals surface area contributed by atoms with E-state index in [1.807, 2.05) is 69.7 Å². The monoisotopic (exact) mass is 778 g/mol. The van der Waals surface area contributed by atoms with Gasteiger partial charge in [-0.05, 0) is 68.7 Å². The second kappa shape index (κ2) is 15.9. The van der Waals surface area contributed by atoms with Crippen LogP contribution in [0.25, 0.3) is 0 Å². The van der Waals surface area contributed by atoms with E-state index in [2.05, 4.69) is 4.90 Å². The van der Waals surface area contributed by atoms with Crippen molar-refractivity contribution in [2.45, 2.75) is 86.8 Å². The third-order valence-electron chi connectivity index (χ3n) is 9.65. The fourth-order valence-corrected chi connectivity index (χ4v) is 7.91. The van der Waals surface area contributed by atoms with Crippen LogP contribution in [-0.4, -0.2) is 124 Å². The number of unbranched alkanes of at least 4 members (excludes halogenated alkanes) is 2. The third kappa shape index (κ3) is 8.60. The van der Waals surface area contributed by atoms with Crippen LogP contribution in [0.5, 0.6) is 0 Å². The van der Waals surface area contributed by atoms with Gasteiger partial charge >= 0.3 is 5.97 Å². The maximum Gasteiger partial charge on any atom is 0.333 e. The van der Waals surface area contributed by atoms with Crippen molar-refractivity contribution in [2.75, 3.05) is 18.5 Å². The number of benzene rings is 2. The van der Waals surface area contributed by atoms with Crippen molar-refractivity contribution >= 4 is 106 Å². The zero-order chi connectivity index (χ0) is 37.5. The number of carbonyl (C=O) groups is 3. The van der Waals surface area contributed by atoms with E-state index in [1.54, 1.807) is 12.1 Å². The number of amides is 2. The molecule has 2 amide bonds. The Hall–Kier alpha value is -2.80.